The average molecular weight is 383 g/mol. The molecule has 0 aliphatic rings. The van der Waals surface area contributed by atoms with Gasteiger partial charge in [0.1, 0.15) is 5.75 Å². The Labute approximate surface area is 167 Å². The number of anilines is 1. The van der Waals surface area contributed by atoms with Crippen LogP contribution in [0.3, 0.4) is 0 Å². The number of hydrogen-bond acceptors (Lipinski definition) is 4. The van der Waals surface area contributed by atoms with Crippen molar-refractivity contribution in [1.82, 2.24) is 0 Å². The molecule has 28 heavy (non-hydrogen) atoms. The van der Waals surface area contributed by atoms with Crippen LogP contribution in [0.15, 0.2) is 48.5 Å². The lowest BCUT2D eigenvalue weighted by molar-refractivity contribution is -0.111. The van der Waals surface area contributed by atoms with E-state index in [1.54, 1.807) is 13.2 Å². The van der Waals surface area contributed by atoms with Crippen LogP contribution in [0.1, 0.15) is 38.7 Å². The predicted octanol–water partition coefficient (Wildman–Crippen LogP) is 5.31. The Morgan fingerprint density at radius 2 is 1.75 bits per heavy atom. The molecule has 0 radical (unpaired) electrons. The second-order valence-electron chi connectivity index (χ2n) is 6.28. The van der Waals surface area contributed by atoms with Gasteiger partial charge in [-0.2, -0.15) is 0 Å². The number of carbonyl (C=O) groups is 1. The maximum absolute atomic E-state index is 12.3. The van der Waals surface area contributed by atoms with Crippen molar-refractivity contribution in [3.05, 3.63) is 54.1 Å². The predicted molar refractivity (Wildman–Crippen MR) is 113 cm³/mol. The van der Waals surface area contributed by atoms with Gasteiger partial charge in [0.05, 0.1) is 26.0 Å². The average Bonchev–Trinajstić information content (AvgIpc) is 2.72. The lowest BCUT2D eigenvalue weighted by Crippen LogP contribution is -2.09. The fourth-order valence-corrected chi connectivity index (χ4v) is 2.49. The Morgan fingerprint density at radius 1 is 0.964 bits per heavy atom. The molecule has 2 rings (SSSR count). The van der Waals surface area contributed by atoms with Crippen LogP contribution in [0.25, 0.3) is 6.08 Å². The molecule has 150 valence electrons. The van der Waals surface area contributed by atoms with Crippen molar-refractivity contribution >= 4 is 17.7 Å². The third-order valence-corrected chi connectivity index (χ3v) is 3.98. The zero-order chi connectivity index (χ0) is 20.2. The van der Waals surface area contributed by atoms with Crippen LogP contribution in [-0.4, -0.2) is 26.2 Å². The van der Waals surface area contributed by atoms with Gasteiger partial charge in [0.15, 0.2) is 11.5 Å². The first-order chi connectivity index (χ1) is 13.7. The summed E-state index contributed by atoms with van der Waals surface area (Å²) in [6, 6.07) is 13.0. The van der Waals surface area contributed by atoms with E-state index in [2.05, 4.69) is 19.2 Å². The van der Waals surface area contributed by atoms with Gasteiger partial charge in [0.25, 0.3) is 0 Å². The Kier molecular flexibility index (Phi) is 8.92. The minimum Gasteiger partial charge on any atom is -0.493 e. The first kappa shape index (κ1) is 21.4. The van der Waals surface area contributed by atoms with E-state index in [9.17, 15) is 4.79 Å². The molecule has 0 aliphatic heterocycles. The molecule has 5 heteroatoms. The van der Waals surface area contributed by atoms with Crippen molar-refractivity contribution in [2.24, 2.45) is 0 Å². The topological polar surface area (TPSA) is 56.8 Å². The van der Waals surface area contributed by atoms with Crippen LogP contribution in [0, 0.1) is 0 Å². The molecule has 0 saturated heterocycles. The van der Waals surface area contributed by atoms with E-state index >= 15 is 0 Å². The van der Waals surface area contributed by atoms with E-state index in [1.165, 1.54) is 6.08 Å². The van der Waals surface area contributed by atoms with E-state index in [4.69, 9.17) is 14.2 Å². The van der Waals surface area contributed by atoms with Crippen molar-refractivity contribution in [3.8, 4) is 17.2 Å². The smallest absolute Gasteiger partial charge is 0.248 e. The van der Waals surface area contributed by atoms with Crippen LogP contribution in [0.2, 0.25) is 0 Å². The van der Waals surface area contributed by atoms with Gasteiger partial charge in [-0.3, -0.25) is 4.79 Å². The van der Waals surface area contributed by atoms with E-state index < -0.39 is 0 Å². The van der Waals surface area contributed by atoms with Crippen LogP contribution >= 0.6 is 0 Å². The molecule has 0 heterocycles. The number of benzene rings is 2. The Bertz CT molecular complexity index is 786. The van der Waals surface area contributed by atoms with Gasteiger partial charge < -0.3 is 19.5 Å². The van der Waals surface area contributed by atoms with Gasteiger partial charge in [-0.15, -0.1) is 0 Å². The Balaban J connectivity index is 2.02. The van der Waals surface area contributed by atoms with Crippen molar-refractivity contribution in [3.63, 3.8) is 0 Å². The molecule has 1 N–H and O–H groups in total. The minimum absolute atomic E-state index is 0.225. The number of rotatable bonds is 11. The third kappa shape index (κ3) is 6.65. The summed E-state index contributed by atoms with van der Waals surface area (Å²) in [5.74, 6) is 1.79. The molecule has 0 atom stereocenters. The number of para-hydroxylation sites is 2. The highest BCUT2D eigenvalue weighted by Crippen LogP contribution is 2.29. The molecule has 5 nitrogen and oxygen atoms in total. The summed E-state index contributed by atoms with van der Waals surface area (Å²) in [6.07, 6.45) is 6.19. The summed E-state index contributed by atoms with van der Waals surface area (Å²) in [4.78, 5) is 12.3. The van der Waals surface area contributed by atoms with Gasteiger partial charge in [-0.05, 0) is 48.7 Å². The second kappa shape index (κ2) is 11.7. The summed E-state index contributed by atoms with van der Waals surface area (Å²) in [5, 5.41) is 2.87. The highest BCUT2D eigenvalue weighted by atomic mass is 16.5. The number of unbranched alkanes of at least 4 members (excludes halogenated alkanes) is 1. The highest BCUT2D eigenvalue weighted by Gasteiger charge is 2.07. The molecule has 0 aliphatic carbocycles. The number of ether oxygens (including phenoxy) is 3. The Hall–Kier alpha value is -2.95. The second-order valence-corrected chi connectivity index (χ2v) is 6.28. The molecule has 0 fully saturated rings. The third-order valence-electron chi connectivity index (χ3n) is 3.98. The lowest BCUT2D eigenvalue weighted by Gasteiger charge is -2.11. The fourth-order valence-electron chi connectivity index (χ4n) is 2.49. The van der Waals surface area contributed by atoms with E-state index in [0.717, 1.165) is 24.8 Å². The molecule has 0 bridgehead atoms. The van der Waals surface area contributed by atoms with Gasteiger partial charge in [0.2, 0.25) is 5.91 Å². The summed E-state index contributed by atoms with van der Waals surface area (Å²) < 4.78 is 16.8. The van der Waals surface area contributed by atoms with Crippen molar-refractivity contribution in [2.45, 2.75) is 33.1 Å². The van der Waals surface area contributed by atoms with Crippen LogP contribution in [-0.2, 0) is 4.79 Å². The maximum Gasteiger partial charge on any atom is 0.248 e. The zero-order valence-corrected chi connectivity index (χ0v) is 16.9. The van der Waals surface area contributed by atoms with Crippen molar-refractivity contribution < 1.29 is 19.0 Å². The van der Waals surface area contributed by atoms with Crippen molar-refractivity contribution in [2.75, 3.05) is 25.6 Å². The van der Waals surface area contributed by atoms with Crippen molar-refractivity contribution in [1.29, 1.82) is 0 Å². The standard InChI is InChI=1S/C23H29NO4/c1-4-6-16-28-20-10-8-7-9-19(20)24-23(25)14-12-18-11-13-21(27-15-5-2)22(17-18)26-3/h7-14,17H,4-6,15-16H2,1-3H3,(H,24,25)/b14-12+. The summed E-state index contributed by atoms with van der Waals surface area (Å²) in [7, 11) is 1.60. The largest absolute Gasteiger partial charge is 0.493 e. The number of nitrogens with one attached hydrogen (secondary N) is 1. The minimum atomic E-state index is -0.225. The van der Waals surface area contributed by atoms with E-state index in [1.807, 2.05) is 42.5 Å². The highest BCUT2D eigenvalue weighted by molar-refractivity contribution is 6.02. The van der Waals surface area contributed by atoms with Gasteiger partial charge in [-0.25, -0.2) is 0 Å². The SMILES string of the molecule is CCCCOc1ccccc1NC(=O)/C=C/c1ccc(OCCC)c(OC)c1. The summed E-state index contributed by atoms with van der Waals surface area (Å²) in [5.41, 5.74) is 1.51. The molecule has 0 unspecified atom stereocenters. The molecular formula is C23H29NO4. The van der Waals surface area contributed by atoms with E-state index in [0.29, 0.717) is 36.1 Å². The lowest BCUT2D eigenvalue weighted by atomic mass is 10.2. The quantitative estimate of drug-likeness (QED) is 0.422. The maximum atomic E-state index is 12.3. The van der Waals surface area contributed by atoms with Crippen LogP contribution < -0.4 is 19.5 Å². The fraction of sp³-hybridized carbons (Fsp3) is 0.348. The molecule has 0 saturated carbocycles. The first-order valence-electron chi connectivity index (χ1n) is 9.69. The van der Waals surface area contributed by atoms with Gasteiger partial charge >= 0.3 is 0 Å². The first-order valence-corrected chi connectivity index (χ1v) is 9.69. The van der Waals surface area contributed by atoms with Crippen LogP contribution in [0.4, 0.5) is 5.69 Å². The monoisotopic (exact) mass is 383 g/mol. The van der Waals surface area contributed by atoms with Crippen LogP contribution in [0.5, 0.6) is 17.2 Å². The molecule has 2 aromatic rings. The number of hydrogen-bond donors (Lipinski definition) is 1. The Morgan fingerprint density at radius 3 is 2.50 bits per heavy atom. The molecule has 2 aromatic carbocycles. The van der Waals surface area contributed by atoms with E-state index in [-0.39, 0.29) is 5.91 Å². The molecular weight excluding hydrogens is 354 g/mol. The van der Waals surface area contributed by atoms with Gasteiger partial charge in [-0.1, -0.05) is 38.5 Å². The zero-order valence-electron chi connectivity index (χ0n) is 16.9. The molecule has 0 spiro atoms. The molecule has 1 amide bonds. The van der Waals surface area contributed by atoms with Gasteiger partial charge in [0, 0.05) is 6.08 Å². The number of amides is 1. The number of methoxy groups -OCH3 is 1. The molecule has 0 aromatic heterocycles. The normalized spacial score (nSPS) is 10.7. The summed E-state index contributed by atoms with van der Waals surface area (Å²) >= 11 is 0. The number of carbonyl (C=O) groups excluding carboxylic acids is 1. The summed E-state index contributed by atoms with van der Waals surface area (Å²) in [6.45, 7) is 5.42.